The van der Waals surface area contributed by atoms with Crippen molar-refractivity contribution in [3.8, 4) is 11.5 Å². The van der Waals surface area contributed by atoms with E-state index in [1.807, 2.05) is 0 Å². The molecule has 1 aliphatic heterocycles. The molecule has 1 N–H and O–H groups in total. The van der Waals surface area contributed by atoms with Gasteiger partial charge in [-0.3, -0.25) is 4.79 Å². The average Bonchev–Trinajstić information content (AvgIpc) is 3.39. The van der Waals surface area contributed by atoms with Gasteiger partial charge in [-0.25, -0.2) is 0 Å². The summed E-state index contributed by atoms with van der Waals surface area (Å²) in [5.41, 5.74) is 0.613. The van der Waals surface area contributed by atoms with Crippen molar-refractivity contribution in [3.05, 3.63) is 23.8 Å². The number of rotatable bonds is 5. The largest absolute Gasteiger partial charge is 0.493 e. The normalized spacial score (nSPS) is 19.7. The Morgan fingerprint density at radius 2 is 1.77 bits per heavy atom. The molecule has 1 amide bonds. The van der Waals surface area contributed by atoms with Crippen molar-refractivity contribution >= 4 is 5.91 Å². The molecular weight excluding hydrogens is 280 g/mol. The fourth-order valence-corrected chi connectivity index (χ4v) is 3.09. The Kier molecular flexibility index (Phi) is 4.52. The van der Waals surface area contributed by atoms with E-state index < -0.39 is 0 Å². The summed E-state index contributed by atoms with van der Waals surface area (Å²) in [6, 6.07) is 6.37. The van der Waals surface area contributed by atoms with Crippen molar-refractivity contribution in [2.24, 2.45) is 0 Å². The van der Waals surface area contributed by atoms with Gasteiger partial charge < -0.3 is 19.7 Å². The molecule has 1 saturated carbocycles. The summed E-state index contributed by atoms with van der Waals surface area (Å²) >= 11 is 0. The molecule has 22 heavy (non-hydrogen) atoms. The Balaban J connectivity index is 1.57. The molecule has 0 bridgehead atoms. The number of carbonyl (C=O) groups is 1. The molecule has 1 aromatic carbocycles. The van der Waals surface area contributed by atoms with Crippen LogP contribution in [-0.4, -0.2) is 50.2 Å². The first-order chi connectivity index (χ1) is 10.7. The summed E-state index contributed by atoms with van der Waals surface area (Å²) in [7, 11) is 3.17. The van der Waals surface area contributed by atoms with Crippen LogP contribution in [0, 0.1) is 0 Å². The lowest BCUT2D eigenvalue weighted by Gasteiger charge is -2.32. The van der Waals surface area contributed by atoms with Crippen molar-refractivity contribution in [2.75, 3.05) is 27.3 Å². The maximum atomic E-state index is 12.4. The topological polar surface area (TPSA) is 50.8 Å². The van der Waals surface area contributed by atoms with Crippen LogP contribution in [0.15, 0.2) is 18.2 Å². The third-order valence-electron chi connectivity index (χ3n) is 4.57. The highest BCUT2D eigenvalue weighted by atomic mass is 16.5. The van der Waals surface area contributed by atoms with Gasteiger partial charge >= 0.3 is 0 Å². The summed E-state index contributed by atoms with van der Waals surface area (Å²) in [5, 5.41) is 3.14. The number of amides is 1. The number of carbonyl (C=O) groups excluding carboxylic acids is 1. The van der Waals surface area contributed by atoms with Gasteiger partial charge in [0.05, 0.1) is 14.2 Å². The van der Waals surface area contributed by atoms with E-state index in [1.165, 1.54) is 12.8 Å². The maximum Gasteiger partial charge on any atom is 0.251 e. The molecule has 0 aromatic heterocycles. The molecule has 0 spiro atoms. The number of nitrogens with one attached hydrogen (secondary N) is 1. The van der Waals surface area contributed by atoms with Gasteiger partial charge in [0.1, 0.15) is 0 Å². The molecule has 1 heterocycles. The molecule has 0 radical (unpaired) electrons. The van der Waals surface area contributed by atoms with Crippen LogP contribution in [-0.2, 0) is 0 Å². The zero-order valence-electron chi connectivity index (χ0n) is 13.3. The minimum Gasteiger partial charge on any atom is -0.493 e. The molecule has 5 heteroatoms. The first-order valence-electron chi connectivity index (χ1n) is 7.98. The van der Waals surface area contributed by atoms with E-state index in [0.717, 1.165) is 32.0 Å². The van der Waals surface area contributed by atoms with Crippen LogP contribution >= 0.6 is 0 Å². The molecule has 1 aromatic rings. The number of ether oxygens (including phenoxy) is 2. The Morgan fingerprint density at radius 3 is 2.36 bits per heavy atom. The van der Waals surface area contributed by atoms with Crippen LogP contribution in [0.3, 0.4) is 0 Å². The third kappa shape index (κ3) is 3.35. The molecule has 1 saturated heterocycles. The van der Waals surface area contributed by atoms with Crippen LogP contribution in [0.4, 0.5) is 0 Å². The highest BCUT2D eigenvalue weighted by Crippen LogP contribution is 2.30. The molecule has 5 nitrogen and oxygen atoms in total. The van der Waals surface area contributed by atoms with Crippen LogP contribution < -0.4 is 14.8 Å². The highest BCUT2D eigenvalue weighted by molar-refractivity contribution is 5.95. The second-order valence-electron chi connectivity index (χ2n) is 6.08. The van der Waals surface area contributed by atoms with Gasteiger partial charge in [-0.1, -0.05) is 0 Å². The number of nitrogens with zero attached hydrogens (tertiary/aromatic N) is 1. The van der Waals surface area contributed by atoms with Gasteiger partial charge in [-0.2, -0.15) is 0 Å². The summed E-state index contributed by atoms with van der Waals surface area (Å²) in [5.74, 6) is 1.18. The number of benzene rings is 1. The van der Waals surface area contributed by atoms with E-state index in [2.05, 4.69) is 10.2 Å². The monoisotopic (exact) mass is 304 g/mol. The number of methoxy groups -OCH3 is 2. The first kappa shape index (κ1) is 15.2. The van der Waals surface area contributed by atoms with Crippen molar-refractivity contribution < 1.29 is 14.3 Å². The van der Waals surface area contributed by atoms with Gasteiger partial charge in [-0.15, -0.1) is 0 Å². The second kappa shape index (κ2) is 6.57. The Bertz CT molecular complexity index is 535. The lowest BCUT2D eigenvalue weighted by atomic mass is 10.0. The van der Waals surface area contributed by atoms with E-state index in [9.17, 15) is 4.79 Å². The van der Waals surface area contributed by atoms with Gasteiger partial charge in [0, 0.05) is 30.7 Å². The van der Waals surface area contributed by atoms with Crippen molar-refractivity contribution in [2.45, 2.75) is 37.8 Å². The predicted molar refractivity (Wildman–Crippen MR) is 84.6 cm³/mol. The maximum absolute atomic E-state index is 12.4. The lowest BCUT2D eigenvalue weighted by molar-refractivity contribution is 0.0908. The summed E-state index contributed by atoms with van der Waals surface area (Å²) < 4.78 is 10.5. The van der Waals surface area contributed by atoms with Gasteiger partial charge in [0.15, 0.2) is 11.5 Å². The molecule has 120 valence electrons. The van der Waals surface area contributed by atoms with Crippen LogP contribution in [0.25, 0.3) is 0 Å². The zero-order valence-corrected chi connectivity index (χ0v) is 13.3. The van der Waals surface area contributed by atoms with E-state index >= 15 is 0 Å². The van der Waals surface area contributed by atoms with Crippen molar-refractivity contribution in [1.29, 1.82) is 0 Å². The molecule has 3 rings (SSSR count). The fourth-order valence-electron chi connectivity index (χ4n) is 3.09. The smallest absolute Gasteiger partial charge is 0.251 e. The second-order valence-corrected chi connectivity index (χ2v) is 6.08. The first-order valence-corrected chi connectivity index (χ1v) is 7.98. The number of hydrogen-bond donors (Lipinski definition) is 1. The number of hydrogen-bond acceptors (Lipinski definition) is 4. The standard InChI is InChI=1S/C17H24N2O3/c1-21-15-6-3-12(11-16(15)22-2)17(20)18-13-7-9-19(10-8-13)14-4-5-14/h3,6,11,13-14H,4-5,7-10H2,1-2H3,(H,18,20). The minimum absolute atomic E-state index is 0.0363. The minimum atomic E-state index is -0.0363. The summed E-state index contributed by atoms with van der Waals surface area (Å²) in [4.78, 5) is 14.9. The predicted octanol–water partition coefficient (Wildman–Crippen LogP) is 2.06. The Labute approximate surface area is 131 Å². The molecule has 2 fully saturated rings. The Hall–Kier alpha value is -1.75. The third-order valence-corrected chi connectivity index (χ3v) is 4.57. The SMILES string of the molecule is COc1ccc(C(=O)NC2CCN(C3CC3)CC2)cc1OC. The van der Waals surface area contributed by atoms with Gasteiger partial charge in [0.2, 0.25) is 0 Å². The number of piperidine rings is 1. The van der Waals surface area contributed by atoms with E-state index in [4.69, 9.17) is 9.47 Å². The van der Waals surface area contributed by atoms with Crippen LogP contribution in [0.5, 0.6) is 11.5 Å². The van der Waals surface area contributed by atoms with Crippen molar-refractivity contribution in [3.63, 3.8) is 0 Å². The quantitative estimate of drug-likeness (QED) is 0.904. The van der Waals surface area contributed by atoms with Crippen LogP contribution in [0.2, 0.25) is 0 Å². The zero-order chi connectivity index (χ0) is 15.5. The van der Waals surface area contributed by atoms with Crippen LogP contribution in [0.1, 0.15) is 36.0 Å². The number of likely N-dealkylation sites (tertiary alicyclic amines) is 1. The van der Waals surface area contributed by atoms with Gasteiger partial charge in [0.25, 0.3) is 5.91 Å². The average molecular weight is 304 g/mol. The molecule has 2 aliphatic rings. The fraction of sp³-hybridized carbons (Fsp3) is 0.588. The van der Waals surface area contributed by atoms with E-state index in [0.29, 0.717) is 17.1 Å². The van der Waals surface area contributed by atoms with Gasteiger partial charge in [-0.05, 0) is 43.9 Å². The molecule has 1 aliphatic carbocycles. The van der Waals surface area contributed by atoms with Crippen molar-refractivity contribution in [1.82, 2.24) is 10.2 Å². The summed E-state index contributed by atoms with van der Waals surface area (Å²) in [6.07, 6.45) is 4.77. The molecule has 0 unspecified atom stereocenters. The highest BCUT2D eigenvalue weighted by Gasteiger charge is 2.32. The van der Waals surface area contributed by atoms with E-state index in [-0.39, 0.29) is 11.9 Å². The lowest BCUT2D eigenvalue weighted by Crippen LogP contribution is -2.45. The molecular formula is C17H24N2O3. The molecule has 0 atom stereocenters. The Morgan fingerprint density at radius 1 is 1.09 bits per heavy atom. The van der Waals surface area contributed by atoms with E-state index in [1.54, 1.807) is 32.4 Å². The summed E-state index contributed by atoms with van der Waals surface area (Å²) in [6.45, 7) is 2.20.